The monoisotopic (exact) mass is 222 g/mol. The van der Waals surface area contributed by atoms with Crippen molar-refractivity contribution in [3.05, 3.63) is 51.7 Å². The van der Waals surface area contributed by atoms with Gasteiger partial charge in [0.25, 0.3) is 0 Å². The third kappa shape index (κ3) is 2.06. The highest BCUT2D eigenvalue weighted by molar-refractivity contribution is 7.09. The second-order valence-electron chi connectivity index (χ2n) is 3.36. The zero-order valence-electron chi connectivity index (χ0n) is 8.27. The van der Waals surface area contributed by atoms with Crippen LogP contribution in [0.4, 0.5) is 4.39 Å². The molecule has 4 heteroatoms. The average Bonchev–Trinajstić information content (AvgIpc) is 2.74. The van der Waals surface area contributed by atoms with Crippen LogP contribution in [0, 0.1) is 12.7 Å². The Kier molecular flexibility index (Phi) is 2.79. The number of nitrogens with zero attached hydrogens (tertiary/aromatic N) is 1. The molecule has 15 heavy (non-hydrogen) atoms. The van der Waals surface area contributed by atoms with Crippen molar-refractivity contribution in [3.63, 3.8) is 0 Å². The second kappa shape index (κ2) is 4.08. The highest BCUT2D eigenvalue weighted by Crippen LogP contribution is 2.22. The maximum atomic E-state index is 13.1. The van der Waals surface area contributed by atoms with Gasteiger partial charge >= 0.3 is 0 Å². The zero-order valence-corrected chi connectivity index (χ0v) is 9.09. The minimum absolute atomic E-state index is 0.204. The first-order valence-corrected chi connectivity index (χ1v) is 5.47. The number of aromatic nitrogens is 1. The van der Waals surface area contributed by atoms with Crippen molar-refractivity contribution in [1.29, 1.82) is 0 Å². The maximum Gasteiger partial charge on any atom is 0.126 e. The van der Waals surface area contributed by atoms with Crippen LogP contribution in [0.3, 0.4) is 0 Å². The molecule has 0 aliphatic rings. The number of rotatable bonds is 2. The first-order valence-electron chi connectivity index (χ1n) is 4.59. The van der Waals surface area contributed by atoms with Gasteiger partial charge in [-0.1, -0.05) is 12.1 Å². The molecule has 0 bridgehead atoms. The third-order valence-electron chi connectivity index (χ3n) is 2.26. The molecule has 1 atom stereocenters. The van der Waals surface area contributed by atoms with Crippen LogP contribution in [0.1, 0.15) is 22.2 Å². The molecule has 0 aliphatic heterocycles. The van der Waals surface area contributed by atoms with Gasteiger partial charge in [-0.2, -0.15) is 0 Å². The molecule has 1 heterocycles. The van der Waals surface area contributed by atoms with E-state index in [2.05, 4.69) is 4.98 Å². The molecule has 2 N–H and O–H groups in total. The Morgan fingerprint density at radius 3 is 2.87 bits per heavy atom. The predicted octanol–water partition coefficient (Wildman–Crippen LogP) is 2.64. The zero-order chi connectivity index (χ0) is 10.8. The predicted molar refractivity (Wildman–Crippen MR) is 59.3 cm³/mol. The number of benzene rings is 1. The molecule has 1 aromatic carbocycles. The van der Waals surface area contributed by atoms with Gasteiger partial charge in [-0.05, 0) is 24.1 Å². The number of thiazole rings is 1. The Morgan fingerprint density at radius 2 is 2.27 bits per heavy atom. The summed E-state index contributed by atoms with van der Waals surface area (Å²) in [5, 5.41) is 2.73. The van der Waals surface area contributed by atoms with Gasteiger partial charge in [-0.25, -0.2) is 9.37 Å². The molecule has 2 aromatic rings. The van der Waals surface area contributed by atoms with Gasteiger partial charge in [0.05, 0.1) is 6.04 Å². The van der Waals surface area contributed by atoms with E-state index in [4.69, 9.17) is 5.73 Å². The Balaban J connectivity index is 2.34. The SMILES string of the molecule is Cc1cc(C(N)c2nccs2)ccc1F. The summed E-state index contributed by atoms with van der Waals surface area (Å²) in [5.74, 6) is -0.204. The first kappa shape index (κ1) is 10.3. The molecule has 0 amide bonds. The van der Waals surface area contributed by atoms with Crippen molar-refractivity contribution in [2.45, 2.75) is 13.0 Å². The van der Waals surface area contributed by atoms with E-state index in [1.807, 2.05) is 5.38 Å². The van der Waals surface area contributed by atoms with Crippen LogP contribution in [0.5, 0.6) is 0 Å². The Hall–Kier alpha value is -1.26. The number of hydrogen-bond acceptors (Lipinski definition) is 3. The van der Waals surface area contributed by atoms with Gasteiger partial charge in [0.1, 0.15) is 10.8 Å². The van der Waals surface area contributed by atoms with E-state index in [-0.39, 0.29) is 11.9 Å². The van der Waals surface area contributed by atoms with Crippen molar-refractivity contribution in [2.24, 2.45) is 5.73 Å². The summed E-state index contributed by atoms with van der Waals surface area (Å²) in [6.45, 7) is 1.73. The molecular weight excluding hydrogens is 211 g/mol. The smallest absolute Gasteiger partial charge is 0.126 e. The molecule has 1 unspecified atom stereocenters. The van der Waals surface area contributed by atoms with Crippen LogP contribution in [0.2, 0.25) is 0 Å². The standard InChI is InChI=1S/C11H11FN2S/c1-7-6-8(2-3-9(7)12)10(13)11-14-4-5-15-11/h2-6,10H,13H2,1H3. The van der Waals surface area contributed by atoms with Crippen LogP contribution in [0.15, 0.2) is 29.8 Å². The normalized spacial score (nSPS) is 12.7. The fourth-order valence-corrected chi connectivity index (χ4v) is 2.06. The topological polar surface area (TPSA) is 38.9 Å². The van der Waals surface area contributed by atoms with Gasteiger partial charge in [0.15, 0.2) is 0 Å². The van der Waals surface area contributed by atoms with E-state index in [1.54, 1.807) is 25.3 Å². The molecule has 0 radical (unpaired) electrons. The molecule has 0 spiro atoms. The van der Waals surface area contributed by atoms with Crippen molar-refractivity contribution in [3.8, 4) is 0 Å². The van der Waals surface area contributed by atoms with E-state index in [9.17, 15) is 4.39 Å². The maximum absolute atomic E-state index is 13.1. The van der Waals surface area contributed by atoms with Crippen molar-refractivity contribution < 1.29 is 4.39 Å². The van der Waals surface area contributed by atoms with Crippen LogP contribution in [0.25, 0.3) is 0 Å². The van der Waals surface area contributed by atoms with E-state index in [0.717, 1.165) is 10.6 Å². The molecule has 0 saturated heterocycles. The Morgan fingerprint density at radius 1 is 1.47 bits per heavy atom. The summed E-state index contributed by atoms with van der Waals surface area (Å²) >= 11 is 1.51. The molecule has 0 aliphatic carbocycles. The number of hydrogen-bond donors (Lipinski definition) is 1. The lowest BCUT2D eigenvalue weighted by atomic mass is 10.1. The minimum Gasteiger partial charge on any atom is -0.318 e. The molecule has 0 saturated carbocycles. The highest BCUT2D eigenvalue weighted by Gasteiger charge is 2.12. The van der Waals surface area contributed by atoms with Crippen LogP contribution < -0.4 is 5.73 Å². The number of aryl methyl sites for hydroxylation is 1. The largest absolute Gasteiger partial charge is 0.318 e. The fourth-order valence-electron chi connectivity index (χ4n) is 1.39. The fraction of sp³-hybridized carbons (Fsp3) is 0.182. The van der Waals surface area contributed by atoms with Crippen molar-refractivity contribution >= 4 is 11.3 Å². The Labute approximate surface area is 91.6 Å². The summed E-state index contributed by atoms with van der Waals surface area (Å²) in [5.41, 5.74) is 7.51. The number of nitrogens with two attached hydrogens (primary N) is 1. The molecule has 78 valence electrons. The van der Waals surface area contributed by atoms with E-state index >= 15 is 0 Å². The summed E-state index contributed by atoms with van der Waals surface area (Å²) in [4.78, 5) is 4.14. The van der Waals surface area contributed by atoms with Gasteiger partial charge in [-0.15, -0.1) is 11.3 Å². The lowest BCUT2D eigenvalue weighted by Gasteiger charge is -2.09. The van der Waals surface area contributed by atoms with E-state index < -0.39 is 0 Å². The molecule has 2 rings (SSSR count). The number of halogens is 1. The van der Waals surface area contributed by atoms with E-state index in [0.29, 0.717) is 5.56 Å². The van der Waals surface area contributed by atoms with Gasteiger partial charge in [-0.3, -0.25) is 0 Å². The van der Waals surface area contributed by atoms with E-state index in [1.165, 1.54) is 17.4 Å². The summed E-state index contributed by atoms with van der Waals surface area (Å²) in [7, 11) is 0. The minimum atomic E-state index is -0.260. The second-order valence-corrected chi connectivity index (χ2v) is 4.28. The average molecular weight is 222 g/mol. The highest BCUT2D eigenvalue weighted by atomic mass is 32.1. The molecular formula is C11H11FN2S. The van der Waals surface area contributed by atoms with Crippen LogP contribution >= 0.6 is 11.3 Å². The first-order chi connectivity index (χ1) is 7.18. The Bertz CT molecular complexity index is 454. The van der Waals surface area contributed by atoms with Crippen molar-refractivity contribution in [2.75, 3.05) is 0 Å². The summed E-state index contributed by atoms with van der Waals surface area (Å²) < 4.78 is 13.1. The van der Waals surface area contributed by atoms with Gasteiger partial charge in [0, 0.05) is 11.6 Å². The summed E-state index contributed by atoms with van der Waals surface area (Å²) in [6.07, 6.45) is 1.72. The van der Waals surface area contributed by atoms with Crippen molar-refractivity contribution in [1.82, 2.24) is 4.98 Å². The molecule has 2 nitrogen and oxygen atoms in total. The third-order valence-corrected chi connectivity index (χ3v) is 3.12. The van der Waals surface area contributed by atoms with Crippen LogP contribution in [-0.4, -0.2) is 4.98 Å². The summed E-state index contributed by atoms with van der Waals surface area (Å²) in [6, 6.07) is 4.65. The molecule has 1 aromatic heterocycles. The van der Waals surface area contributed by atoms with Gasteiger partial charge < -0.3 is 5.73 Å². The molecule has 0 fully saturated rings. The van der Waals surface area contributed by atoms with Gasteiger partial charge in [0.2, 0.25) is 0 Å². The van der Waals surface area contributed by atoms with Crippen LogP contribution in [-0.2, 0) is 0 Å². The quantitative estimate of drug-likeness (QED) is 0.848. The lowest BCUT2D eigenvalue weighted by Crippen LogP contribution is -2.11. The lowest BCUT2D eigenvalue weighted by molar-refractivity contribution is 0.617.